The van der Waals surface area contributed by atoms with Crippen LogP contribution in [0.2, 0.25) is 5.15 Å². The molecule has 1 aromatic heterocycles. The topological polar surface area (TPSA) is 63.8 Å². The second kappa shape index (κ2) is 3.38. The van der Waals surface area contributed by atoms with Gasteiger partial charge in [-0.1, -0.05) is 11.6 Å². The van der Waals surface area contributed by atoms with Gasteiger partial charge in [0.2, 0.25) is 5.95 Å². The number of alkyl halides is 3. The first-order chi connectivity index (χ1) is 7.32. The zero-order valence-electron chi connectivity index (χ0n) is 7.98. The third-order valence-electron chi connectivity index (χ3n) is 2.37. The van der Waals surface area contributed by atoms with Gasteiger partial charge >= 0.3 is 6.18 Å². The number of nitrogens with zero attached hydrogens (tertiary/aromatic N) is 2. The Morgan fingerprint density at radius 3 is 2.44 bits per heavy atom. The van der Waals surface area contributed by atoms with Crippen LogP contribution < -0.4 is 11.1 Å². The quantitative estimate of drug-likeness (QED) is 0.792. The summed E-state index contributed by atoms with van der Waals surface area (Å²) in [6.07, 6.45) is -4.25. The number of aromatic nitrogens is 2. The van der Waals surface area contributed by atoms with Crippen LogP contribution in [-0.4, -0.2) is 21.7 Å². The molecule has 0 unspecified atom stereocenters. The fraction of sp³-hybridized carbons (Fsp3) is 0.500. The van der Waals surface area contributed by atoms with Crippen molar-refractivity contribution in [3.8, 4) is 0 Å². The molecular weight excluding hydrogens is 245 g/mol. The third-order valence-corrected chi connectivity index (χ3v) is 2.57. The molecule has 0 radical (unpaired) electrons. The molecule has 0 atom stereocenters. The summed E-state index contributed by atoms with van der Waals surface area (Å²) in [6.45, 7) is 0. The van der Waals surface area contributed by atoms with Gasteiger partial charge in [-0.3, -0.25) is 0 Å². The smallest absolute Gasteiger partial charge is 0.368 e. The zero-order valence-corrected chi connectivity index (χ0v) is 8.73. The molecule has 8 heteroatoms. The highest BCUT2D eigenvalue weighted by atomic mass is 35.5. The van der Waals surface area contributed by atoms with Gasteiger partial charge in [0.1, 0.15) is 16.5 Å². The summed E-state index contributed by atoms with van der Waals surface area (Å²) >= 11 is 5.56. The fourth-order valence-corrected chi connectivity index (χ4v) is 1.54. The van der Waals surface area contributed by atoms with Crippen LogP contribution in [0.15, 0.2) is 6.07 Å². The Morgan fingerprint density at radius 2 is 2.00 bits per heavy atom. The molecule has 0 saturated heterocycles. The van der Waals surface area contributed by atoms with Crippen molar-refractivity contribution in [3.05, 3.63) is 11.2 Å². The predicted molar refractivity (Wildman–Crippen MR) is 53.1 cm³/mol. The van der Waals surface area contributed by atoms with E-state index in [0.29, 0.717) is 0 Å². The molecule has 0 aromatic carbocycles. The molecule has 1 aliphatic rings. The number of rotatable bonds is 2. The molecule has 1 aromatic rings. The van der Waals surface area contributed by atoms with Gasteiger partial charge in [0, 0.05) is 6.07 Å². The molecule has 4 nitrogen and oxygen atoms in total. The van der Waals surface area contributed by atoms with Crippen LogP contribution in [0, 0.1) is 0 Å². The summed E-state index contributed by atoms with van der Waals surface area (Å²) in [4.78, 5) is 7.20. The molecule has 3 N–H and O–H groups in total. The number of anilines is 2. The van der Waals surface area contributed by atoms with Crippen molar-refractivity contribution in [2.24, 2.45) is 0 Å². The Morgan fingerprint density at radius 1 is 1.38 bits per heavy atom. The number of nitrogens with one attached hydrogen (secondary N) is 1. The Hall–Kier alpha value is -1.24. The maximum atomic E-state index is 12.6. The van der Waals surface area contributed by atoms with Gasteiger partial charge in [-0.25, -0.2) is 4.98 Å². The standard InChI is InChI=1S/C8H8ClF3N4/c9-4-3-5(15-6(13)14-4)16-7(1-2-7)8(10,11)12/h3H,1-2H2,(H3,13,14,15,16). The van der Waals surface area contributed by atoms with E-state index in [1.165, 1.54) is 6.07 Å². The number of hydrogen-bond acceptors (Lipinski definition) is 4. The number of nitrogen functional groups attached to an aromatic ring is 1. The van der Waals surface area contributed by atoms with Crippen LogP contribution in [0.5, 0.6) is 0 Å². The largest absolute Gasteiger partial charge is 0.411 e. The summed E-state index contributed by atoms with van der Waals surface area (Å²) in [5.41, 5.74) is 3.40. The van der Waals surface area contributed by atoms with Crippen molar-refractivity contribution >= 4 is 23.4 Å². The highest BCUT2D eigenvalue weighted by molar-refractivity contribution is 6.29. The molecule has 2 rings (SSSR count). The Balaban J connectivity index is 2.22. The van der Waals surface area contributed by atoms with E-state index in [4.69, 9.17) is 17.3 Å². The van der Waals surface area contributed by atoms with Crippen LogP contribution in [-0.2, 0) is 0 Å². The third kappa shape index (κ3) is 1.99. The molecular formula is C8H8ClF3N4. The second-order valence-corrected chi connectivity index (χ2v) is 4.03. The van der Waals surface area contributed by atoms with Gasteiger partial charge in [0.05, 0.1) is 0 Å². The molecule has 1 heterocycles. The minimum atomic E-state index is -4.31. The van der Waals surface area contributed by atoms with Gasteiger partial charge in [-0.2, -0.15) is 18.2 Å². The van der Waals surface area contributed by atoms with Crippen molar-refractivity contribution in [2.75, 3.05) is 11.1 Å². The van der Waals surface area contributed by atoms with Crippen LogP contribution >= 0.6 is 11.6 Å². The van der Waals surface area contributed by atoms with Crippen LogP contribution in [0.25, 0.3) is 0 Å². The molecule has 16 heavy (non-hydrogen) atoms. The van der Waals surface area contributed by atoms with Crippen molar-refractivity contribution < 1.29 is 13.2 Å². The maximum absolute atomic E-state index is 12.6. The molecule has 1 saturated carbocycles. The average Bonchev–Trinajstić information content (AvgIpc) is 2.81. The Bertz CT molecular complexity index is 396. The van der Waals surface area contributed by atoms with Crippen molar-refractivity contribution in [3.63, 3.8) is 0 Å². The van der Waals surface area contributed by atoms with Crippen molar-refractivity contribution in [1.82, 2.24) is 9.97 Å². The molecule has 0 amide bonds. The number of hydrogen-bond donors (Lipinski definition) is 2. The number of halogens is 4. The monoisotopic (exact) mass is 252 g/mol. The van der Waals surface area contributed by atoms with E-state index >= 15 is 0 Å². The lowest BCUT2D eigenvalue weighted by molar-refractivity contribution is -0.151. The Kier molecular flexibility index (Phi) is 2.37. The van der Waals surface area contributed by atoms with Crippen LogP contribution in [0.1, 0.15) is 12.8 Å². The lowest BCUT2D eigenvalue weighted by Crippen LogP contribution is -2.39. The zero-order chi connectivity index (χ0) is 12.0. The molecule has 1 fully saturated rings. The molecule has 0 bridgehead atoms. The maximum Gasteiger partial charge on any atom is 0.411 e. The van der Waals surface area contributed by atoms with Crippen molar-refractivity contribution in [2.45, 2.75) is 24.6 Å². The second-order valence-electron chi connectivity index (χ2n) is 3.64. The van der Waals surface area contributed by atoms with E-state index in [2.05, 4.69) is 15.3 Å². The number of nitrogens with two attached hydrogens (primary N) is 1. The molecule has 0 spiro atoms. The minimum absolute atomic E-state index is 0.00711. The highest BCUT2D eigenvalue weighted by Gasteiger charge is 2.63. The summed E-state index contributed by atoms with van der Waals surface area (Å²) < 4.78 is 37.8. The van der Waals surface area contributed by atoms with E-state index in [1.54, 1.807) is 0 Å². The van der Waals surface area contributed by atoms with E-state index < -0.39 is 11.7 Å². The molecule has 88 valence electrons. The lowest BCUT2D eigenvalue weighted by atomic mass is 10.2. The van der Waals surface area contributed by atoms with Gasteiger partial charge in [0.15, 0.2) is 0 Å². The van der Waals surface area contributed by atoms with E-state index in [-0.39, 0.29) is 29.8 Å². The predicted octanol–water partition coefficient (Wildman–Crippen LogP) is 2.22. The van der Waals surface area contributed by atoms with Gasteiger partial charge in [0.25, 0.3) is 0 Å². The Labute approximate surface area is 94.0 Å². The van der Waals surface area contributed by atoms with Gasteiger partial charge in [-0.15, -0.1) is 0 Å². The summed E-state index contributed by atoms with van der Waals surface area (Å²) in [7, 11) is 0. The van der Waals surface area contributed by atoms with Crippen LogP contribution in [0.3, 0.4) is 0 Å². The SMILES string of the molecule is Nc1nc(Cl)cc(NC2(C(F)(F)F)CC2)n1. The first-order valence-electron chi connectivity index (χ1n) is 4.47. The van der Waals surface area contributed by atoms with Gasteiger partial charge in [-0.05, 0) is 12.8 Å². The van der Waals surface area contributed by atoms with Crippen molar-refractivity contribution in [1.29, 1.82) is 0 Å². The molecule has 0 aliphatic heterocycles. The first-order valence-corrected chi connectivity index (χ1v) is 4.85. The highest BCUT2D eigenvalue weighted by Crippen LogP contribution is 2.51. The van der Waals surface area contributed by atoms with E-state index in [9.17, 15) is 13.2 Å². The minimum Gasteiger partial charge on any atom is -0.368 e. The summed E-state index contributed by atoms with van der Waals surface area (Å²) in [5, 5.41) is 2.32. The summed E-state index contributed by atoms with van der Waals surface area (Å²) in [6, 6.07) is 1.21. The van der Waals surface area contributed by atoms with Gasteiger partial charge < -0.3 is 11.1 Å². The summed E-state index contributed by atoms with van der Waals surface area (Å²) in [5.74, 6) is -0.166. The normalized spacial score (nSPS) is 18.2. The lowest BCUT2D eigenvalue weighted by Gasteiger charge is -2.21. The van der Waals surface area contributed by atoms with E-state index in [1.807, 2.05) is 0 Å². The van der Waals surface area contributed by atoms with Crippen LogP contribution in [0.4, 0.5) is 24.9 Å². The molecule has 1 aliphatic carbocycles. The average molecular weight is 253 g/mol. The van der Waals surface area contributed by atoms with E-state index in [0.717, 1.165) is 0 Å². The fourth-order valence-electron chi connectivity index (χ4n) is 1.35. The first kappa shape index (κ1) is 11.3.